The number of hydrogen-bond acceptors (Lipinski definition) is 5. The summed E-state index contributed by atoms with van der Waals surface area (Å²) in [6.07, 6.45) is 1.78. The van der Waals surface area contributed by atoms with Crippen LogP contribution in [0.4, 0.5) is 0 Å². The number of nitrogens with two attached hydrogens (primary N) is 1. The minimum absolute atomic E-state index is 0.0824. The van der Waals surface area contributed by atoms with Crippen LogP contribution >= 0.6 is 11.3 Å². The largest absolute Gasteiger partial charge is 0.759 e. The summed E-state index contributed by atoms with van der Waals surface area (Å²) >= 11 is 1.34. The normalized spacial score (nSPS) is 11.1. The molecule has 1 amide bonds. The first-order valence-corrected chi connectivity index (χ1v) is 13.4. The van der Waals surface area contributed by atoms with Crippen molar-refractivity contribution in [1.82, 2.24) is 10.0 Å². The second-order valence-electron chi connectivity index (χ2n) is 9.18. The molecule has 0 radical (unpaired) electrons. The molecule has 0 aliphatic carbocycles. The zero-order valence-electron chi connectivity index (χ0n) is 20.9. The Labute approximate surface area is 225 Å². The SMILES string of the molecule is NCCCCn1c(-c2ccccc2)cc2ccc(C(=O)c3cc(CC(=O)N[O-])c(-c4ccccc4)s3)cc21. The molecule has 0 bridgehead atoms. The minimum Gasteiger partial charge on any atom is -0.759 e. The Morgan fingerprint density at radius 1 is 0.868 bits per heavy atom. The molecule has 3 N–H and O–H groups in total. The molecule has 6 nitrogen and oxygen atoms in total. The molecule has 192 valence electrons. The monoisotopic (exact) mass is 522 g/mol. The van der Waals surface area contributed by atoms with Crippen LogP contribution in [0.2, 0.25) is 0 Å². The smallest absolute Gasteiger partial charge is 0.213 e. The molecule has 3 aromatic carbocycles. The third-order valence-electron chi connectivity index (χ3n) is 6.61. The molecule has 0 saturated carbocycles. The van der Waals surface area contributed by atoms with Crippen molar-refractivity contribution in [3.05, 3.63) is 112 Å². The van der Waals surface area contributed by atoms with Crippen LogP contribution in [0.25, 0.3) is 32.6 Å². The van der Waals surface area contributed by atoms with Gasteiger partial charge in [0.1, 0.15) is 0 Å². The summed E-state index contributed by atoms with van der Waals surface area (Å²) < 4.78 is 2.27. The lowest BCUT2D eigenvalue weighted by Crippen LogP contribution is -2.18. The van der Waals surface area contributed by atoms with Crippen molar-refractivity contribution in [3.8, 4) is 21.7 Å². The van der Waals surface area contributed by atoms with E-state index in [0.29, 0.717) is 22.5 Å². The highest BCUT2D eigenvalue weighted by Gasteiger charge is 2.20. The summed E-state index contributed by atoms with van der Waals surface area (Å²) in [5.41, 5.74) is 12.6. The molecule has 5 aromatic rings. The Balaban J connectivity index is 1.56. The first-order valence-electron chi connectivity index (χ1n) is 12.6. The number of benzene rings is 3. The molecule has 0 aliphatic heterocycles. The van der Waals surface area contributed by atoms with Crippen LogP contribution in [0.3, 0.4) is 0 Å². The van der Waals surface area contributed by atoms with Gasteiger partial charge in [-0.05, 0) is 54.3 Å². The molecule has 7 heteroatoms. The predicted molar refractivity (Wildman–Crippen MR) is 154 cm³/mol. The molecule has 5 rings (SSSR count). The van der Waals surface area contributed by atoms with Gasteiger partial charge in [-0.3, -0.25) is 9.59 Å². The lowest BCUT2D eigenvalue weighted by Gasteiger charge is -2.11. The maximum atomic E-state index is 13.7. The summed E-state index contributed by atoms with van der Waals surface area (Å²) in [6.45, 7) is 1.44. The highest BCUT2D eigenvalue weighted by atomic mass is 32.1. The van der Waals surface area contributed by atoms with Gasteiger partial charge in [-0.1, -0.05) is 72.8 Å². The maximum Gasteiger partial charge on any atom is 0.213 e. The van der Waals surface area contributed by atoms with Crippen LogP contribution in [0.5, 0.6) is 0 Å². The average Bonchev–Trinajstić information content (AvgIpc) is 3.55. The van der Waals surface area contributed by atoms with Crippen molar-refractivity contribution in [1.29, 1.82) is 0 Å². The molecule has 2 aromatic heterocycles. The van der Waals surface area contributed by atoms with Crippen LogP contribution in [0.1, 0.15) is 33.6 Å². The fourth-order valence-corrected chi connectivity index (χ4v) is 5.90. The molecule has 0 spiro atoms. The number of rotatable bonds is 10. The van der Waals surface area contributed by atoms with Crippen molar-refractivity contribution in [2.24, 2.45) is 5.73 Å². The van der Waals surface area contributed by atoms with Crippen molar-refractivity contribution in [2.75, 3.05) is 6.54 Å². The summed E-state index contributed by atoms with van der Waals surface area (Å²) in [5.74, 6) is -0.747. The molecular formula is C31H28N3O3S-. The number of aromatic nitrogens is 1. The summed E-state index contributed by atoms with van der Waals surface area (Å²) in [4.78, 5) is 27.0. The summed E-state index contributed by atoms with van der Waals surface area (Å²) in [5, 5.41) is 12.0. The number of thiophene rings is 1. The molecule has 0 unspecified atom stereocenters. The van der Waals surface area contributed by atoms with Gasteiger partial charge in [0.2, 0.25) is 11.7 Å². The molecule has 38 heavy (non-hydrogen) atoms. The van der Waals surface area contributed by atoms with Gasteiger partial charge >= 0.3 is 0 Å². The van der Waals surface area contributed by atoms with Crippen LogP contribution in [-0.2, 0) is 17.8 Å². The highest BCUT2D eigenvalue weighted by molar-refractivity contribution is 7.17. The van der Waals surface area contributed by atoms with E-state index in [0.717, 1.165) is 52.0 Å². The van der Waals surface area contributed by atoms with Gasteiger partial charge in [0.15, 0.2) is 0 Å². The molecule has 0 fully saturated rings. The Hall–Kier alpha value is -4.04. The lowest BCUT2D eigenvalue weighted by molar-refractivity contribution is -0.119. The number of aryl methyl sites for hydroxylation is 1. The second-order valence-corrected chi connectivity index (χ2v) is 10.2. The number of unbranched alkanes of at least 4 members (excludes halogenated alkanes) is 1. The Morgan fingerprint density at radius 2 is 1.58 bits per heavy atom. The first kappa shape index (κ1) is 25.6. The van der Waals surface area contributed by atoms with Gasteiger partial charge in [0.05, 0.1) is 11.3 Å². The molecule has 2 heterocycles. The van der Waals surface area contributed by atoms with E-state index in [-0.39, 0.29) is 12.2 Å². The Kier molecular flexibility index (Phi) is 7.79. The number of nitrogens with zero attached hydrogens (tertiary/aromatic N) is 1. The zero-order valence-corrected chi connectivity index (χ0v) is 21.7. The fourth-order valence-electron chi connectivity index (χ4n) is 4.76. The zero-order chi connectivity index (χ0) is 26.5. The van der Waals surface area contributed by atoms with Crippen molar-refractivity contribution >= 4 is 33.9 Å². The van der Waals surface area contributed by atoms with Crippen LogP contribution in [-0.4, -0.2) is 22.8 Å². The predicted octanol–water partition coefficient (Wildman–Crippen LogP) is 6.16. The lowest BCUT2D eigenvalue weighted by atomic mass is 10.0. The fraction of sp³-hybridized carbons (Fsp3) is 0.161. The number of hydrogen-bond donors (Lipinski definition) is 2. The standard InChI is InChI=1S/C31H28N3O3S/c32-15-7-8-16-34-26(21-9-3-1-4-10-21)17-23-13-14-24(18-27(23)34)30(36)28-19-25(20-29(35)33-37)31(38-28)22-11-5-2-6-12-22/h1-6,9-14,17-19H,7-8,15-16,20,32H2,(H-,33,35,37)/q-1. The van der Waals surface area contributed by atoms with Gasteiger partial charge in [0.25, 0.3) is 0 Å². The van der Waals surface area contributed by atoms with E-state index in [1.165, 1.54) is 16.8 Å². The quantitative estimate of drug-likeness (QED) is 0.130. The van der Waals surface area contributed by atoms with Gasteiger partial charge in [-0.15, -0.1) is 11.3 Å². The second kappa shape index (κ2) is 11.6. The van der Waals surface area contributed by atoms with Gasteiger partial charge < -0.3 is 21.0 Å². The van der Waals surface area contributed by atoms with E-state index in [4.69, 9.17) is 5.73 Å². The minimum atomic E-state index is -0.635. The molecule has 0 aliphatic rings. The van der Waals surface area contributed by atoms with Gasteiger partial charge in [-0.25, -0.2) is 0 Å². The van der Waals surface area contributed by atoms with Crippen LogP contribution in [0.15, 0.2) is 91.0 Å². The molecular weight excluding hydrogens is 494 g/mol. The summed E-state index contributed by atoms with van der Waals surface area (Å²) in [7, 11) is 0. The van der Waals surface area contributed by atoms with Crippen molar-refractivity contribution in [3.63, 3.8) is 0 Å². The van der Waals surface area contributed by atoms with Gasteiger partial charge in [-0.2, -0.15) is 0 Å². The number of carbonyl (C=O) groups is 2. The van der Waals surface area contributed by atoms with Crippen molar-refractivity contribution in [2.45, 2.75) is 25.8 Å². The number of ketones is 1. The van der Waals surface area contributed by atoms with Crippen LogP contribution < -0.4 is 11.2 Å². The van der Waals surface area contributed by atoms with E-state index in [2.05, 4.69) is 22.8 Å². The third kappa shape index (κ3) is 5.31. The van der Waals surface area contributed by atoms with E-state index >= 15 is 0 Å². The molecule has 0 saturated heterocycles. The summed E-state index contributed by atoms with van der Waals surface area (Å²) in [6, 6.07) is 29.5. The Morgan fingerprint density at radius 3 is 2.26 bits per heavy atom. The number of fused-ring (bicyclic) bond motifs is 1. The number of nitrogens with one attached hydrogen (secondary N) is 1. The van der Waals surface area contributed by atoms with Crippen LogP contribution in [0, 0.1) is 5.21 Å². The average molecular weight is 523 g/mol. The van der Waals surface area contributed by atoms with E-state index in [9.17, 15) is 14.8 Å². The van der Waals surface area contributed by atoms with Crippen molar-refractivity contribution < 1.29 is 9.59 Å². The highest BCUT2D eigenvalue weighted by Crippen LogP contribution is 2.35. The Bertz CT molecular complexity index is 1570. The van der Waals surface area contributed by atoms with E-state index in [1.54, 1.807) is 6.07 Å². The number of hydroxylamine groups is 1. The van der Waals surface area contributed by atoms with E-state index in [1.807, 2.05) is 66.7 Å². The first-order chi connectivity index (χ1) is 18.6. The molecule has 0 atom stereocenters. The maximum absolute atomic E-state index is 13.7. The topological polar surface area (TPSA) is 100 Å². The number of amides is 1. The number of carbonyl (C=O) groups excluding carboxylic acids is 2. The third-order valence-corrected chi connectivity index (χ3v) is 7.83. The van der Waals surface area contributed by atoms with Gasteiger partial charge in [0, 0.05) is 33.6 Å². The van der Waals surface area contributed by atoms with E-state index < -0.39 is 5.91 Å².